The molecule has 2 amide bonds. The Bertz CT molecular complexity index is 754. The molecule has 0 radical (unpaired) electrons. The van der Waals surface area contributed by atoms with Gasteiger partial charge in [0, 0.05) is 0 Å². The van der Waals surface area contributed by atoms with E-state index in [1.165, 1.54) is 7.11 Å². The first-order chi connectivity index (χ1) is 11.9. The van der Waals surface area contributed by atoms with E-state index in [1.807, 2.05) is 32.0 Å². The SMILES string of the molecule is COc1ccccc1C(=O)NNC(=O)[C@H](C)Oc1c(C)cccc1C. The molecule has 0 saturated carbocycles. The molecule has 0 unspecified atom stereocenters. The largest absolute Gasteiger partial charge is 0.496 e. The van der Waals surface area contributed by atoms with Crippen molar-refractivity contribution < 1.29 is 19.1 Å². The van der Waals surface area contributed by atoms with E-state index < -0.39 is 17.9 Å². The molecule has 2 aromatic carbocycles. The van der Waals surface area contributed by atoms with Gasteiger partial charge in [0.25, 0.3) is 11.8 Å². The summed E-state index contributed by atoms with van der Waals surface area (Å²) in [7, 11) is 1.48. The third-order valence-electron chi connectivity index (χ3n) is 3.72. The molecule has 0 saturated heterocycles. The minimum Gasteiger partial charge on any atom is -0.496 e. The Balaban J connectivity index is 1.96. The zero-order chi connectivity index (χ0) is 18.4. The van der Waals surface area contributed by atoms with Crippen molar-refractivity contribution in [2.75, 3.05) is 7.11 Å². The molecular weight excluding hydrogens is 320 g/mol. The minimum atomic E-state index is -0.766. The van der Waals surface area contributed by atoms with Gasteiger partial charge in [-0.3, -0.25) is 20.4 Å². The second-order valence-electron chi connectivity index (χ2n) is 5.62. The molecule has 0 aliphatic heterocycles. The van der Waals surface area contributed by atoms with E-state index in [0.717, 1.165) is 11.1 Å². The van der Waals surface area contributed by atoms with Crippen LogP contribution >= 0.6 is 0 Å². The number of benzene rings is 2. The third kappa shape index (κ3) is 4.50. The maximum atomic E-state index is 12.2. The summed E-state index contributed by atoms with van der Waals surface area (Å²) in [4.78, 5) is 24.3. The van der Waals surface area contributed by atoms with Gasteiger partial charge in [-0.2, -0.15) is 0 Å². The molecule has 0 fully saturated rings. The smallest absolute Gasteiger partial charge is 0.279 e. The summed E-state index contributed by atoms with van der Waals surface area (Å²) in [5.41, 5.74) is 6.96. The summed E-state index contributed by atoms with van der Waals surface area (Å²) < 4.78 is 10.9. The fourth-order valence-electron chi connectivity index (χ4n) is 2.33. The molecule has 0 spiro atoms. The van der Waals surface area contributed by atoms with Gasteiger partial charge in [-0.15, -0.1) is 0 Å². The van der Waals surface area contributed by atoms with E-state index >= 15 is 0 Å². The molecular formula is C19H22N2O4. The summed E-state index contributed by atoms with van der Waals surface area (Å²) in [6.07, 6.45) is -0.766. The number of hydrogen-bond acceptors (Lipinski definition) is 4. The Morgan fingerprint density at radius 3 is 2.24 bits per heavy atom. The monoisotopic (exact) mass is 342 g/mol. The Hall–Kier alpha value is -3.02. The second kappa shape index (κ2) is 8.19. The fourth-order valence-corrected chi connectivity index (χ4v) is 2.33. The van der Waals surface area contributed by atoms with Crippen LogP contribution in [0.2, 0.25) is 0 Å². The highest BCUT2D eigenvalue weighted by Gasteiger charge is 2.18. The highest BCUT2D eigenvalue weighted by atomic mass is 16.5. The highest BCUT2D eigenvalue weighted by Crippen LogP contribution is 2.23. The topological polar surface area (TPSA) is 76.7 Å². The van der Waals surface area contributed by atoms with Crippen LogP contribution < -0.4 is 20.3 Å². The molecule has 25 heavy (non-hydrogen) atoms. The number of hydrazine groups is 1. The van der Waals surface area contributed by atoms with Crippen LogP contribution in [-0.2, 0) is 4.79 Å². The number of aryl methyl sites for hydroxylation is 2. The summed E-state index contributed by atoms with van der Waals surface area (Å²) in [5.74, 6) is 0.172. The van der Waals surface area contributed by atoms with Crippen molar-refractivity contribution in [3.05, 3.63) is 59.2 Å². The number of para-hydroxylation sites is 2. The molecule has 1 atom stereocenters. The molecule has 0 aliphatic carbocycles. The van der Waals surface area contributed by atoms with Crippen molar-refractivity contribution in [2.24, 2.45) is 0 Å². The lowest BCUT2D eigenvalue weighted by Crippen LogP contribution is -2.47. The van der Waals surface area contributed by atoms with Gasteiger partial charge in [-0.1, -0.05) is 30.3 Å². The molecule has 2 aromatic rings. The number of carbonyl (C=O) groups excluding carboxylic acids is 2. The van der Waals surface area contributed by atoms with E-state index in [2.05, 4.69) is 10.9 Å². The number of rotatable bonds is 5. The van der Waals surface area contributed by atoms with Crippen LogP contribution in [0.1, 0.15) is 28.4 Å². The van der Waals surface area contributed by atoms with Gasteiger partial charge in [-0.05, 0) is 44.0 Å². The Morgan fingerprint density at radius 2 is 1.60 bits per heavy atom. The zero-order valence-corrected chi connectivity index (χ0v) is 14.8. The van der Waals surface area contributed by atoms with Gasteiger partial charge in [0.05, 0.1) is 12.7 Å². The Labute approximate surface area is 147 Å². The van der Waals surface area contributed by atoms with E-state index in [1.54, 1.807) is 31.2 Å². The molecule has 6 nitrogen and oxygen atoms in total. The molecule has 0 aromatic heterocycles. The number of hydrogen-bond donors (Lipinski definition) is 2. The zero-order valence-electron chi connectivity index (χ0n) is 14.8. The molecule has 2 rings (SSSR count). The van der Waals surface area contributed by atoms with Crippen LogP contribution in [-0.4, -0.2) is 25.0 Å². The van der Waals surface area contributed by atoms with Crippen LogP contribution in [0.25, 0.3) is 0 Å². The number of carbonyl (C=O) groups is 2. The van der Waals surface area contributed by atoms with E-state index in [0.29, 0.717) is 17.1 Å². The van der Waals surface area contributed by atoms with Crippen LogP contribution in [0.3, 0.4) is 0 Å². The normalized spacial score (nSPS) is 11.4. The van der Waals surface area contributed by atoms with Crippen molar-refractivity contribution in [3.8, 4) is 11.5 Å². The van der Waals surface area contributed by atoms with Crippen molar-refractivity contribution in [1.29, 1.82) is 0 Å². The summed E-state index contributed by atoms with van der Waals surface area (Å²) in [6.45, 7) is 5.45. The third-order valence-corrected chi connectivity index (χ3v) is 3.72. The van der Waals surface area contributed by atoms with Gasteiger partial charge in [0.15, 0.2) is 6.10 Å². The molecule has 132 valence electrons. The van der Waals surface area contributed by atoms with Crippen LogP contribution in [0, 0.1) is 13.8 Å². The van der Waals surface area contributed by atoms with Gasteiger partial charge in [-0.25, -0.2) is 0 Å². The predicted molar refractivity (Wildman–Crippen MR) is 94.6 cm³/mol. The van der Waals surface area contributed by atoms with E-state index in [-0.39, 0.29) is 0 Å². The van der Waals surface area contributed by atoms with Gasteiger partial charge in [0.2, 0.25) is 0 Å². The highest BCUT2D eigenvalue weighted by molar-refractivity contribution is 5.98. The van der Waals surface area contributed by atoms with E-state index in [9.17, 15) is 9.59 Å². The lowest BCUT2D eigenvalue weighted by molar-refractivity contribution is -0.128. The van der Waals surface area contributed by atoms with Crippen LogP contribution in [0.5, 0.6) is 11.5 Å². The van der Waals surface area contributed by atoms with Gasteiger partial charge >= 0.3 is 0 Å². The summed E-state index contributed by atoms with van der Waals surface area (Å²) in [5, 5.41) is 0. The minimum absolute atomic E-state index is 0.327. The summed E-state index contributed by atoms with van der Waals surface area (Å²) >= 11 is 0. The molecule has 0 aliphatic rings. The Morgan fingerprint density at radius 1 is 0.960 bits per heavy atom. The first-order valence-corrected chi connectivity index (χ1v) is 7.90. The Kier molecular flexibility index (Phi) is 6.00. The fraction of sp³-hybridized carbons (Fsp3) is 0.263. The second-order valence-corrected chi connectivity index (χ2v) is 5.62. The number of nitrogens with one attached hydrogen (secondary N) is 2. The average molecular weight is 342 g/mol. The molecule has 6 heteroatoms. The van der Waals surface area contributed by atoms with Crippen LogP contribution in [0.4, 0.5) is 0 Å². The molecule has 0 heterocycles. The first kappa shape index (κ1) is 18.3. The lowest BCUT2D eigenvalue weighted by atomic mass is 10.1. The molecule has 2 N–H and O–H groups in total. The number of amides is 2. The van der Waals surface area contributed by atoms with Gasteiger partial charge in [0.1, 0.15) is 11.5 Å². The van der Waals surface area contributed by atoms with Gasteiger partial charge < -0.3 is 9.47 Å². The summed E-state index contributed by atoms with van der Waals surface area (Å²) in [6, 6.07) is 12.5. The van der Waals surface area contributed by atoms with Crippen LogP contribution in [0.15, 0.2) is 42.5 Å². The number of methoxy groups -OCH3 is 1. The van der Waals surface area contributed by atoms with Crippen molar-refractivity contribution in [3.63, 3.8) is 0 Å². The lowest BCUT2D eigenvalue weighted by Gasteiger charge is -2.18. The standard InChI is InChI=1S/C19H22N2O4/c1-12-8-7-9-13(2)17(12)25-14(3)18(22)20-21-19(23)15-10-5-6-11-16(15)24-4/h5-11,14H,1-4H3,(H,20,22)(H,21,23)/t14-/m0/s1. The maximum absolute atomic E-state index is 12.2. The van der Waals surface area contributed by atoms with Crippen molar-refractivity contribution in [2.45, 2.75) is 26.9 Å². The molecule has 0 bridgehead atoms. The average Bonchev–Trinajstić information content (AvgIpc) is 2.62. The van der Waals surface area contributed by atoms with Crippen molar-refractivity contribution >= 4 is 11.8 Å². The first-order valence-electron chi connectivity index (χ1n) is 7.90. The van der Waals surface area contributed by atoms with E-state index in [4.69, 9.17) is 9.47 Å². The quantitative estimate of drug-likeness (QED) is 0.819. The maximum Gasteiger partial charge on any atom is 0.279 e. The number of ether oxygens (including phenoxy) is 2. The predicted octanol–water partition coefficient (Wildman–Crippen LogP) is 2.54. The van der Waals surface area contributed by atoms with Crippen molar-refractivity contribution in [1.82, 2.24) is 10.9 Å².